The highest BCUT2D eigenvalue weighted by Crippen LogP contribution is 2.21. The van der Waals surface area contributed by atoms with Gasteiger partial charge < -0.3 is 10.5 Å². The fraction of sp³-hybridized carbons (Fsp3) is 0.600. The van der Waals surface area contributed by atoms with E-state index in [1.807, 2.05) is 0 Å². The molecule has 0 aliphatic heterocycles. The van der Waals surface area contributed by atoms with Crippen LogP contribution in [0.25, 0.3) is 0 Å². The standard InChI is InChI=1S/C15H25NO/c1-3-14-12-13(9-10-15(14)17-2)8-6-4-5-7-11-16/h9-10,12H,3-8,11,16H2,1-2H3. The normalized spacial score (nSPS) is 10.5. The van der Waals surface area contributed by atoms with Gasteiger partial charge >= 0.3 is 0 Å². The fourth-order valence-corrected chi connectivity index (χ4v) is 2.09. The molecule has 0 aromatic heterocycles. The van der Waals surface area contributed by atoms with E-state index in [4.69, 9.17) is 10.5 Å². The number of unbranched alkanes of at least 4 members (excludes halogenated alkanes) is 3. The third-order valence-electron chi connectivity index (χ3n) is 3.15. The molecule has 1 rings (SSSR count). The lowest BCUT2D eigenvalue weighted by Gasteiger charge is -2.09. The highest BCUT2D eigenvalue weighted by atomic mass is 16.5. The minimum Gasteiger partial charge on any atom is -0.496 e. The first-order chi connectivity index (χ1) is 8.31. The van der Waals surface area contributed by atoms with E-state index in [2.05, 4.69) is 25.1 Å². The lowest BCUT2D eigenvalue weighted by Crippen LogP contribution is -1.98. The smallest absolute Gasteiger partial charge is 0.122 e. The van der Waals surface area contributed by atoms with Gasteiger partial charge in [0.25, 0.3) is 0 Å². The zero-order valence-corrected chi connectivity index (χ0v) is 11.2. The second-order valence-corrected chi connectivity index (χ2v) is 4.45. The number of methoxy groups -OCH3 is 1. The van der Waals surface area contributed by atoms with Gasteiger partial charge in [-0.05, 0) is 49.4 Å². The van der Waals surface area contributed by atoms with Crippen LogP contribution in [0.4, 0.5) is 0 Å². The quantitative estimate of drug-likeness (QED) is 0.702. The van der Waals surface area contributed by atoms with Crippen molar-refractivity contribution in [3.05, 3.63) is 29.3 Å². The molecule has 2 heteroatoms. The summed E-state index contributed by atoms with van der Waals surface area (Å²) < 4.78 is 5.33. The van der Waals surface area contributed by atoms with Gasteiger partial charge in [-0.1, -0.05) is 31.9 Å². The van der Waals surface area contributed by atoms with Gasteiger partial charge in [-0.15, -0.1) is 0 Å². The molecule has 0 amide bonds. The van der Waals surface area contributed by atoms with Crippen molar-refractivity contribution in [2.45, 2.75) is 45.4 Å². The molecule has 2 nitrogen and oxygen atoms in total. The Morgan fingerprint density at radius 3 is 2.53 bits per heavy atom. The van der Waals surface area contributed by atoms with Crippen molar-refractivity contribution in [1.29, 1.82) is 0 Å². The molecule has 0 spiro atoms. The molecular weight excluding hydrogens is 210 g/mol. The van der Waals surface area contributed by atoms with Gasteiger partial charge in [-0.25, -0.2) is 0 Å². The molecule has 0 aliphatic carbocycles. The van der Waals surface area contributed by atoms with Crippen LogP contribution in [0.2, 0.25) is 0 Å². The number of hydrogen-bond donors (Lipinski definition) is 1. The first-order valence-corrected chi connectivity index (χ1v) is 6.67. The van der Waals surface area contributed by atoms with E-state index < -0.39 is 0 Å². The third-order valence-corrected chi connectivity index (χ3v) is 3.15. The Balaban J connectivity index is 2.43. The Labute approximate surface area is 105 Å². The summed E-state index contributed by atoms with van der Waals surface area (Å²) in [4.78, 5) is 0. The summed E-state index contributed by atoms with van der Waals surface area (Å²) >= 11 is 0. The topological polar surface area (TPSA) is 35.2 Å². The van der Waals surface area contributed by atoms with Gasteiger partial charge in [0.1, 0.15) is 5.75 Å². The van der Waals surface area contributed by atoms with Crippen LogP contribution in [0.3, 0.4) is 0 Å². The monoisotopic (exact) mass is 235 g/mol. The van der Waals surface area contributed by atoms with Crippen LogP contribution in [0, 0.1) is 0 Å². The molecule has 1 aromatic carbocycles. The molecule has 17 heavy (non-hydrogen) atoms. The molecule has 0 saturated carbocycles. The van der Waals surface area contributed by atoms with Gasteiger partial charge in [-0.2, -0.15) is 0 Å². The molecule has 96 valence electrons. The summed E-state index contributed by atoms with van der Waals surface area (Å²) in [5.74, 6) is 1.01. The molecule has 0 heterocycles. The average Bonchev–Trinajstić information content (AvgIpc) is 2.38. The number of benzene rings is 1. The van der Waals surface area contributed by atoms with E-state index >= 15 is 0 Å². The Morgan fingerprint density at radius 2 is 1.88 bits per heavy atom. The number of nitrogens with two attached hydrogens (primary N) is 1. The Kier molecular flexibility index (Phi) is 6.71. The third kappa shape index (κ3) is 4.78. The van der Waals surface area contributed by atoms with Crippen molar-refractivity contribution >= 4 is 0 Å². The average molecular weight is 235 g/mol. The van der Waals surface area contributed by atoms with Gasteiger partial charge in [0.05, 0.1) is 7.11 Å². The second kappa shape index (κ2) is 8.13. The van der Waals surface area contributed by atoms with E-state index in [9.17, 15) is 0 Å². The zero-order valence-electron chi connectivity index (χ0n) is 11.2. The van der Waals surface area contributed by atoms with Crippen molar-refractivity contribution < 1.29 is 4.74 Å². The van der Waals surface area contributed by atoms with Crippen molar-refractivity contribution in [3.8, 4) is 5.75 Å². The molecule has 0 atom stereocenters. The lowest BCUT2D eigenvalue weighted by atomic mass is 10.0. The van der Waals surface area contributed by atoms with E-state index in [0.29, 0.717) is 0 Å². The van der Waals surface area contributed by atoms with Crippen LogP contribution < -0.4 is 10.5 Å². The summed E-state index contributed by atoms with van der Waals surface area (Å²) in [5.41, 5.74) is 8.22. The predicted octanol–water partition coefficient (Wildman–Crippen LogP) is 3.32. The van der Waals surface area contributed by atoms with Crippen LogP contribution in [0.5, 0.6) is 5.75 Å². The van der Waals surface area contributed by atoms with Crippen LogP contribution >= 0.6 is 0 Å². The van der Waals surface area contributed by atoms with E-state index in [-0.39, 0.29) is 0 Å². The lowest BCUT2D eigenvalue weighted by molar-refractivity contribution is 0.410. The van der Waals surface area contributed by atoms with Crippen LogP contribution in [-0.2, 0) is 12.8 Å². The highest BCUT2D eigenvalue weighted by Gasteiger charge is 2.02. The summed E-state index contributed by atoms with van der Waals surface area (Å²) in [6, 6.07) is 6.55. The van der Waals surface area contributed by atoms with Crippen molar-refractivity contribution in [1.82, 2.24) is 0 Å². The molecule has 0 aliphatic rings. The largest absolute Gasteiger partial charge is 0.496 e. The maximum atomic E-state index is 5.48. The predicted molar refractivity (Wildman–Crippen MR) is 73.6 cm³/mol. The van der Waals surface area contributed by atoms with Crippen LogP contribution in [-0.4, -0.2) is 13.7 Å². The first-order valence-electron chi connectivity index (χ1n) is 6.67. The number of hydrogen-bond acceptors (Lipinski definition) is 2. The SMILES string of the molecule is CCc1cc(CCCCCCN)ccc1OC. The molecule has 1 aromatic rings. The van der Waals surface area contributed by atoms with E-state index in [0.717, 1.165) is 25.1 Å². The summed E-state index contributed by atoms with van der Waals surface area (Å²) in [6.45, 7) is 2.99. The number of ether oxygens (including phenoxy) is 1. The highest BCUT2D eigenvalue weighted by molar-refractivity contribution is 5.37. The van der Waals surface area contributed by atoms with Gasteiger partial charge in [0.15, 0.2) is 0 Å². The van der Waals surface area contributed by atoms with Crippen molar-refractivity contribution in [3.63, 3.8) is 0 Å². The summed E-state index contributed by atoms with van der Waals surface area (Å²) in [7, 11) is 1.74. The van der Waals surface area contributed by atoms with Crippen LogP contribution in [0.1, 0.15) is 43.7 Å². The first kappa shape index (κ1) is 14.0. The van der Waals surface area contributed by atoms with E-state index in [1.54, 1.807) is 7.11 Å². The molecule has 2 N–H and O–H groups in total. The zero-order chi connectivity index (χ0) is 12.5. The van der Waals surface area contributed by atoms with E-state index in [1.165, 1.54) is 36.8 Å². The van der Waals surface area contributed by atoms with Crippen molar-refractivity contribution in [2.75, 3.05) is 13.7 Å². The van der Waals surface area contributed by atoms with Gasteiger partial charge in [0.2, 0.25) is 0 Å². The Hall–Kier alpha value is -1.02. The van der Waals surface area contributed by atoms with Crippen molar-refractivity contribution in [2.24, 2.45) is 5.73 Å². The number of rotatable bonds is 8. The maximum absolute atomic E-state index is 5.48. The Morgan fingerprint density at radius 1 is 1.12 bits per heavy atom. The molecule has 0 saturated heterocycles. The summed E-state index contributed by atoms with van der Waals surface area (Å²) in [6.07, 6.45) is 7.15. The maximum Gasteiger partial charge on any atom is 0.122 e. The molecule has 0 radical (unpaired) electrons. The molecular formula is C15H25NO. The van der Waals surface area contributed by atoms with Crippen LogP contribution in [0.15, 0.2) is 18.2 Å². The van der Waals surface area contributed by atoms with Gasteiger partial charge in [0, 0.05) is 0 Å². The number of aryl methyl sites for hydroxylation is 2. The minimum absolute atomic E-state index is 0.822. The molecule has 0 fully saturated rings. The summed E-state index contributed by atoms with van der Waals surface area (Å²) in [5, 5.41) is 0. The second-order valence-electron chi connectivity index (χ2n) is 4.45. The van der Waals surface area contributed by atoms with Gasteiger partial charge in [-0.3, -0.25) is 0 Å². The Bertz CT molecular complexity index is 323. The molecule has 0 bridgehead atoms. The molecule has 0 unspecified atom stereocenters. The minimum atomic E-state index is 0.822. The fourth-order valence-electron chi connectivity index (χ4n) is 2.09.